The van der Waals surface area contributed by atoms with Crippen LogP contribution in [0.15, 0.2) is 73.2 Å². The van der Waals surface area contributed by atoms with Gasteiger partial charge in [-0.15, -0.1) is 0 Å². The second-order valence-corrected chi connectivity index (χ2v) is 13.3. The summed E-state index contributed by atoms with van der Waals surface area (Å²) in [6.07, 6.45) is 14.5. The second kappa shape index (κ2) is 14.6. The van der Waals surface area contributed by atoms with Crippen LogP contribution < -0.4 is 16.8 Å². The minimum atomic E-state index is -0.449. The van der Waals surface area contributed by atoms with Crippen LogP contribution in [0.5, 0.6) is 0 Å². The van der Waals surface area contributed by atoms with E-state index in [9.17, 15) is 9.59 Å². The smallest absolute Gasteiger partial charge is 0.249 e. The molecule has 0 saturated carbocycles. The van der Waals surface area contributed by atoms with Crippen molar-refractivity contribution in [2.75, 3.05) is 11.9 Å². The van der Waals surface area contributed by atoms with Crippen LogP contribution in [0, 0.1) is 0 Å². The molecule has 7 rings (SSSR count). The lowest BCUT2D eigenvalue weighted by atomic mass is 9.98. The van der Waals surface area contributed by atoms with E-state index in [1.54, 1.807) is 6.33 Å². The van der Waals surface area contributed by atoms with Crippen molar-refractivity contribution in [3.63, 3.8) is 0 Å². The molecule has 1 aliphatic heterocycles. The van der Waals surface area contributed by atoms with E-state index in [2.05, 4.69) is 33.1 Å². The molecule has 256 valence electrons. The van der Waals surface area contributed by atoms with Crippen molar-refractivity contribution in [3.05, 3.63) is 89.9 Å². The highest BCUT2D eigenvalue weighted by Gasteiger charge is 2.24. The van der Waals surface area contributed by atoms with Crippen LogP contribution in [0.4, 0.5) is 5.69 Å². The molecule has 50 heavy (non-hydrogen) atoms. The lowest BCUT2D eigenvalue weighted by molar-refractivity contribution is -0.116. The largest absolute Gasteiger partial charge is 0.366 e. The monoisotopic (exact) mass is 668 g/mol. The van der Waals surface area contributed by atoms with Gasteiger partial charge in [-0.05, 0) is 85.8 Å². The lowest BCUT2D eigenvalue weighted by Crippen LogP contribution is -2.19. The van der Waals surface area contributed by atoms with Gasteiger partial charge in [-0.3, -0.25) is 14.2 Å². The number of nitrogens with zero attached hydrogens (tertiary/aromatic N) is 5. The topological polar surface area (TPSA) is 147 Å². The van der Waals surface area contributed by atoms with Crippen molar-refractivity contribution in [1.29, 1.82) is 0 Å². The third kappa shape index (κ3) is 6.63. The summed E-state index contributed by atoms with van der Waals surface area (Å²) in [7, 11) is 1.96. The zero-order chi connectivity index (χ0) is 34.6. The first kappa shape index (κ1) is 33.2. The fourth-order valence-electron chi connectivity index (χ4n) is 7.24. The Bertz CT molecular complexity index is 2200. The number of aryl methyl sites for hydroxylation is 3. The Hall–Kier alpha value is -5.35. The van der Waals surface area contributed by atoms with Crippen molar-refractivity contribution in [2.45, 2.75) is 70.6 Å². The first-order valence-corrected chi connectivity index (χ1v) is 17.8. The molecule has 4 heterocycles. The lowest BCUT2D eigenvalue weighted by Gasteiger charge is -2.19. The number of imidazole rings is 2. The van der Waals surface area contributed by atoms with Crippen molar-refractivity contribution in [3.8, 4) is 28.5 Å². The number of benzene rings is 3. The number of hydrogen-bond acceptors (Lipinski definition) is 6. The predicted octanol–water partition coefficient (Wildman–Crippen LogP) is 7.25. The number of amides is 2. The first-order valence-electron chi connectivity index (χ1n) is 17.8. The summed E-state index contributed by atoms with van der Waals surface area (Å²) in [5, 5.41) is 3.97. The molecule has 5 N–H and O–H groups in total. The molecule has 0 radical (unpaired) electrons. The highest BCUT2D eigenvalue weighted by Crippen LogP contribution is 2.38. The van der Waals surface area contributed by atoms with Gasteiger partial charge in [0, 0.05) is 41.4 Å². The van der Waals surface area contributed by atoms with Crippen LogP contribution in [0.2, 0.25) is 0 Å². The van der Waals surface area contributed by atoms with Gasteiger partial charge >= 0.3 is 0 Å². The van der Waals surface area contributed by atoms with E-state index in [-0.39, 0.29) is 5.91 Å². The molecular weight excluding hydrogens is 624 g/mol. The first-order chi connectivity index (χ1) is 24.4. The third-order valence-corrected chi connectivity index (χ3v) is 9.86. The van der Waals surface area contributed by atoms with E-state index in [0.717, 1.165) is 99.4 Å². The molecule has 0 saturated heterocycles. The summed E-state index contributed by atoms with van der Waals surface area (Å²) in [5.41, 5.74) is 21.0. The van der Waals surface area contributed by atoms with Crippen LogP contribution in [0.1, 0.15) is 79.3 Å². The number of para-hydroxylation sites is 1. The van der Waals surface area contributed by atoms with E-state index in [1.807, 2.05) is 60.3 Å². The molecule has 3 aromatic heterocycles. The highest BCUT2D eigenvalue weighted by molar-refractivity contribution is 6.02. The summed E-state index contributed by atoms with van der Waals surface area (Å²) in [6.45, 7) is 0.763. The second-order valence-electron chi connectivity index (χ2n) is 13.3. The molecule has 0 unspecified atom stereocenters. The predicted molar refractivity (Wildman–Crippen MR) is 199 cm³/mol. The fourth-order valence-corrected chi connectivity index (χ4v) is 7.24. The average Bonchev–Trinajstić information content (AvgIpc) is 3.73. The molecule has 10 nitrogen and oxygen atoms in total. The Morgan fingerprint density at radius 1 is 0.900 bits per heavy atom. The number of fused-ring (bicyclic) bond motifs is 3. The Morgan fingerprint density at radius 3 is 2.44 bits per heavy atom. The number of nitrogens with one attached hydrogen (secondary N) is 1. The molecule has 0 aliphatic carbocycles. The molecule has 0 spiro atoms. The maximum atomic E-state index is 12.9. The average molecular weight is 669 g/mol. The number of aromatic nitrogens is 5. The summed E-state index contributed by atoms with van der Waals surface area (Å²) >= 11 is 0. The van der Waals surface area contributed by atoms with Crippen LogP contribution in [-0.2, 0) is 24.7 Å². The summed E-state index contributed by atoms with van der Waals surface area (Å²) in [6, 6.07) is 20.1. The van der Waals surface area contributed by atoms with Gasteiger partial charge in [0.1, 0.15) is 5.82 Å². The SMILES string of the molecule is Cn1cncc1-c1cc(-c2nc3c(CCCCCCCCCCN)c(C(N)=O)ccc3n2-c2ccc3c(c2)CCC(=O)N3)c2ccccc2n1. The minimum Gasteiger partial charge on any atom is -0.366 e. The van der Waals surface area contributed by atoms with E-state index in [0.29, 0.717) is 24.8 Å². The van der Waals surface area contributed by atoms with Crippen molar-refractivity contribution >= 4 is 39.4 Å². The summed E-state index contributed by atoms with van der Waals surface area (Å²) < 4.78 is 4.13. The summed E-state index contributed by atoms with van der Waals surface area (Å²) in [4.78, 5) is 39.8. The Balaban J connectivity index is 1.37. The van der Waals surface area contributed by atoms with Gasteiger partial charge in [-0.1, -0.05) is 56.7 Å². The van der Waals surface area contributed by atoms with Crippen LogP contribution in [0.25, 0.3) is 50.4 Å². The number of rotatable bonds is 14. The number of primary amides is 1. The van der Waals surface area contributed by atoms with Crippen LogP contribution in [-0.4, -0.2) is 42.4 Å². The van der Waals surface area contributed by atoms with Gasteiger partial charge in [0.15, 0.2) is 0 Å². The number of unbranched alkanes of at least 4 members (excludes halogenated alkanes) is 7. The highest BCUT2D eigenvalue weighted by atomic mass is 16.2. The van der Waals surface area contributed by atoms with Crippen molar-refractivity contribution in [1.82, 2.24) is 24.1 Å². The van der Waals surface area contributed by atoms with Gasteiger partial charge in [0.2, 0.25) is 11.8 Å². The minimum absolute atomic E-state index is 0.0280. The van der Waals surface area contributed by atoms with Gasteiger partial charge < -0.3 is 21.4 Å². The number of carbonyl (C=O) groups excluding carboxylic acids is 2. The van der Waals surface area contributed by atoms with Crippen LogP contribution >= 0.6 is 0 Å². The van der Waals surface area contributed by atoms with Gasteiger partial charge in [0.25, 0.3) is 0 Å². The molecular formula is C40H44N8O2. The number of anilines is 1. The quantitative estimate of drug-likeness (QED) is 0.104. The molecule has 10 heteroatoms. The Kier molecular flexibility index (Phi) is 9.71. The third-order valence-electron chi connectivity index (χ3n) is 9.86. The van der Waals surface area contributed by atoms with Crippen molar-refractivity contribution in [2.24, 2.45) is 18.5 Å². The van der Waals surface area contributed by atoms with E-state index in [1.165, 1.54) is 25.7 Å². The Morgan fingerprint density at radius 2 is 1.68 bits per heavy atom. The van der Waals surface area contributed by atoms with Gasteiger partial charge in [0.05, 0.1) is 40.5 Å². The maximum absolute atomic E-state index is 12.9. The Labute approximate surface area is 291 Å². The van der Waals surface area contributed by atoms with Crippen LogP contribution in [0.3, 0.4) is 0 Å². The standard InChI is InChI=1S/C40H44N8O2/c1-47-25-43-24-36(47)34-23-31(28-12-9-10-14-33(28)44-34)40-46-38-29(13-8-6-4-2-3-5-7-11-21-41)30(39(42)50)17-19-35(38)48(40)27-16-18-32-26(22-27)15-20-37(49)45-32/h9-10,12,14,16-19,22-25H,2-8,11,13,15,20-21,41H2,1H3,(H2,42,50)(H,45,49). The normalized spacial score (nSPS) is 12.8. The molecule has 0 atom stereocenters. The van der Waals surface area contributed by atoms with E-state index < -0.39 is 5.91 Å². The molecule has 0 fully saturated rings. The zero-order valence-electron chi connectivity index (χ0n) is 28.6. The number of hydrogen-bond donors (Lipinski definition) is 3. The molecule has 0 bridgehead atoms. The summed E-state index contributed by atoms with van der Waals surface area (Å²) in [5.74, 6) is 0.317. The van der Waals surface area contributed by atoms with Gasteiger partial charge in [-0.2, -0.15) is 0 Å². The zero-order valence-corrected chi connectivity index (χ0v) is 28.6. The van der Waals surface area contributed by atoms with E-state index in [4.69, 9.17) is 21.4 Å². The molecule has 3 aromatic carbocycles. The fraction of sp³-hybridized carbons (Fsp3) is 0.325. The number of carbonyl (C=O) groups is 2. The number of nitrogens with two attached hydrogens (primary N) is 2. The molecule has 6 aromatic rings. The van der Waals surface area contributed by atoms with Crippen molar-refractivity contribution < 1.29 is 9.59 Å². The van der Waals surface area contributed by atoms with E-state index >= 15 is 0 Å². The maximum Gasteiger partial charge on any atom is 0.249 e. The molecule has 1 aliphatic rings. The van der Waals surface area contributed by atoms with Gasteiger partial charge in [-0.25, -0.2) is 15.0 Å². The molecule has 2 amide bonds. The number of pyridine rings is 1.